The Kier molecular flexibility index (Phi) is 6.13. The predicted octanol–water partition coefficient (Wildman–Crippen LogP) is 3.45. The van der Waals surface area contributed by atoms with Gasteiger partial charge in [-0.05, 0) is 0 Å². The Morgan fingerprint density at radius 3 is 1.64 bits per heavy atom. The molecule has 0 saturated carbocycles. The quantitative estimate of drug-likeness (QED) is 0.538. The molecular formula is C10H20Sn. The third kappa shape index (κ3) is 3.51. The van der Waals surface area contributed by atoms with Gasteiger partial charge in [0.25, 0.3) is 0 Å². The van der Waals surface area contributed by atoms with E-state index >= 15 is 0 Å². The van der Waals surface area contributed by atoms with E-state index in [-0.39, 0.29) is 0 Å². The second kappa shape index (κ2) is 5.94. The van der Waals surface area contributed by atoms with E-state index in [1.165, 1.54) is 13.3 Å². The van der Waals surface area contributed by atoms with E-state index in [4.69, 9.17) is 0 Å². The summed E-state index contributed by atoms with van der Waals surface area (Å²) in [5.74, 6) is 3.29. The fourth-order valence-corrected chi connectivity index (χ4v) is 8.66. The van der Waals surface area contributed by atoms with E-state index in [9.17, 15) is 0 Å². The van der Waals surface area contributed by atoms with E-state index < -0.39 is 18.4 Å². The van der Waals surface area contributed by atoms with Crippen molar-refractivity contribution in [3.63, 3.8) is 0 Å². The Labute approximate surface area is 75.6 Å². The van der Waals surface area contributed by atoms with Crippen molar-refractivity contribution in [2.24, 2.45) is 0 Å². The van der Waals surface area contributed by atoms with Crippen molar-refractivity contribution in [3.05, 3.63) is 0 Å². The van der Waals surface area contributed by atoms with Crippen molar-refractivity contribution >= 4 is 18.4 Å². The van der Waals surface area contributed by atoms with Crippen LogP contribution in [0.15, 0.2) is 0 Å². The van der Waals surface area contributed by atoms with Crippen molar-refractivity contribution < 1.29 is 0 Å². The fourth-order valence-electron chi connectivity index (χ4n) is 1.29. The zero-order valence-electron chi connectivity index (χ0n) is 8.33. The SMILES string of the molecule is CCC#[C][Sn]([CH2]C)([CH2]C)[CH2]C. The first-order chi connectivity index (χ1) is 5.24. The minimum absolute atomic E-state index is 1.04. The Morgan fingerprint density at radius 1 is 0.909 bits per heavy atom. The fraction of sp³-hybridized carbons (Fsp3) is 0.800. The first kappa shape index (κ1) is 11.4. The minimum atomic E-state index is -1.82. The molecule has 0 spiro atoms. The van der Waals surface area contributed by atoms with Crippen LogP contribution in [0.4, 0.5) is 0 Å². The predicted molar refractivity (Wildman–Crippen MR) is 55.3 cm³/mol. The van der Waals surface area contributed by atoms with Crippen LogP contribution in [0.5, 0.6) is 0 Å². The van der Waals surface area contributed by atoms with Gasteiger partial charge in [-0.25, -0.2) is 0 Å². The summed E-state index contributed by atoms with van der Waals surface area (Å²) in [5, 5.41) is 0. The molecular weight excluding hydrogens is 239 g/mol. The molecule has 0 bridgehead atoms. The van der Waals surface area contributed by atoms with Crippen LogP contribution in [0.3, 0.4) is 0 Å². The molecule has 1 heteroatoms. The summed E-state index contributed by atoms with van der Waals surface area (Å²) in [6, 6.07) is 0. The summed E-state index contributed by atoms with van der Waals surface area (Å²) in [4.78, 5) is 0. The second-order valence-electron chi connectivity index (χ2n) is 3.00. The molecule has 0 saturated heterocycles. The Balaban J connectivity index is 4.28. The van der Waals surface area contributed by atoms with Gasteiger partial charge in [0.05, 0.1) is 0 Å². The molecule has 0 atom stereocenters. The molecule has 0 aliphatic rings. The molecule has 0 radical (unpaired) electrons. The molecule has 64 valence electrons. The molecule has 0 aromatic rings. The zero-order chi connectivity index (χ0) is 8.74. The van der Waals surface area contributed by atoms with Crippen LogP contribution in [0.25, 0.3) is 0 Å². The number of rotatable bonds is 3. The zero-order valence-corrected chi connectivity index (χ0v) is 11.2. The van der Waals surface area contributed by atoms with E-state index in [1.54, 1.807) is 0 Å². The maximum absolute atomic E-state index is 3.59. The van der Waals surface area contributed by atoms with Crippen LogP contribution in [-0.2, 0) is 0 Å². The van der Waals surface area contributed by atoms with Crippen molar-refractivity contribution in [1.82, 2.24) is 0 Å². The number of hydrogen-bond donors (Lipinski definition) is 0. The van der Waals surface area contributed by atoms with Gasteiger partial charge in [0.2, 0.25) is 0 Å². The molecule has 0 rings (SSSR count). The third-order valence-corrected chi connectivity index (χ3v) is 16.2. The van der Waals surface area contributed by atoms with E-state index in [1.807, 2.05) is 0 Å². The molecule has 0 aromatic carbocycles. The molecule has 0 aromatic heterocycles. The van der Waals surface area contributed by atoms with Crippen LogP contribution in [0.2, 0.25) is 13.3 Å². The first-order valence-corrected chi connectivity index (χ1v) is 12.2. The summed E-state index contributed by atoms with van der Waals surface area (Å²) >= 11 is -1.82. The van der Waals surface area contributed by atoms with Crippen molar-refractivity contribution in [3.8, 4) is 9.86 Å². The van der Waals surface area contributed by atoms with Gasteiger partial charge in [0.1, 0.15) is 0 Å². The van der Waals surface area contributed by atoms with E-state index in [0.29, 0.717) is 0 Å². The first-order valence-electron chi connectivity index (χ1n) is 4.74. The van der Waals surface area contributed by atoms with Gasteiger partial charge < -0.3 is 0 Å². The normalized spacial score (nSPS) is 10.5. The average Bonchev–Trinajstić information content (AvgIpc) is 2.08. The van der Waals surface area contributed by atoms with Crippen LogP contribution < -0.4 is 0 Å². The van der Waals surface area contributed by atoms with Gasteiger partial charge in [-0.2, -0.15) is 0 Å². The molecule has 0 N–H and O–H groups in total. The molecule has 0 nitrogen and oxygen atoms in total. The monoisotopic (exact) mass is 260 g/mol. The van der Waals surface area contributed by atoms with Crippen LogP contribution in [-0.4, -0.2) is 18.4 Å². The van der Waals surface area contributed by atoms with Gasteiger partial charge in [0.15, 0.2) is 0 Å². The average molecular weight is 259 g/mol. The van der Waals surface area contributed by atoms with Crippen LogP contribution in [0, 0.1) is 9.86 Å². The summed E-state index contributed by atoms with van der Waals surface area (Å²) in [5.41, 5.74) is 0. The maximum atomic E-state index is 3.59. The summed E-state index contributed by atoms with van der Waals surface area (Å²) in [7, 11) is 0. The van der Waals surface area contributed by atoms with Gasteiger partial charge in [-0.15, -0.1) is 0 Å². The summed E-state index contributed by atoms with van der Waals surface area (Å²) in [6.45, 7) is 9.12. The van der Waals surface area contributed by atoms with Crippen molar-refractivity contribution in [1.29, 1.82) is 0 Å². The molecule has 0 aliphatic heterocycles. The van der Waals surface area contributed by atoms with Crippen molar-refractivity contribution in [2.75, 3.05) is 0 Å². The van der Waals surface area contributed by atoms with Crippen molar-refractivity contribution in [2.45, 2.75) is 47.4 Å². The molecule has 0 amide bonds. The Morgan fingerprint density at radius 2 is 1.36 bits per heavy atom. The van der Waals surface area contributed by atoms with Gasteiger partial charge in [-0.3, -0.25) is 0 Å². The molecule has 0 unspecified atom stereocenters. The Hall–Kier alpha value is 0.359. The van der Waals surface area contributed by atoms with Crippen LogP contribution in [0.1, 0.15) is 34.1 Å². The summed E-state index contributed by atoms with van der Waals surface area (Å²) < 4.78 is 7.78. The van der Waals surface area contributed by atoms with Gasteiger partial charge >= 0.3 is 75.7 Å². The van der Waals surface area contributed by atoms with E-state index in [0.717, 1.165) is 6.42 Å². The second-order valence-corrected chi connectivity index (χ2v) is 17.1. The van der Waals surface area contributed by atoms with Gasteiger partial charge in [0, 0.05) is 0 Å². The van der Waals surface area contributed by atoms with E-state index in [2.05, 4.69) is 37.6 Å². The number of hydrogen-bond acceptors (Lipinski definition) is 0. The van der Waals surface area contributed by atoms with Crippen LogP contribution >= 0.6 is 0 Å². The molecule has 0 aliphatic carbocycles. The molecule has 0 fully saturated rings. The topological polar surface area (TPSA) is 0 Å². The molecule has 11 heavy (non-hydrogen) atoms. The standard InChI is InChI=1S/C4H5.3C2H5.Sn/c1-3-4-2;3*1-2;/h3H2,1H3;3*1H2,2H3;. The third-order valence-electron chi connectivity index (χ3n) is 2.56. The Bertz CT molecular complexity index is 138. The van der Waals surface area contributed by atoms with Gasteiger partial charge in [-0.1, -0.05) is 0 Å². The molecule has 0 heterocycles. The summed E-state index contributed by atoms with van der Waals surface area (Å²) in [6.07, 6.45) is 1.04.